The first-order valence-corrected chi connectivity index (χ1v) is 8.88. The van der Waals surface area contributed by atoms with E-state index in [0.717, 1.165) is 18.6 Å². The molecule has 1 aliphatic heterocycles. The van der Waals surface area contributed by atoms with E-state index in [1.807, 2.05) is 18.2 Å². The second-order valence-electron chi connectivity index (χ2n) is 6.62. The van der Waals surface area contributed by atoms with Gasteiger partial charge in [0.25, 0.3) is 0 Å². The second kappa shape index (κ2) is 6.87. The van der Waals surface area contributed by atoms with E-state index in [1.165, 1.54) is 23.3 Å². The van der Waals surface area contributed by atoms with Gasteiger partial charge in [0.05, 0.1) is 18.8 Å². The van der Waals surface area contributed by atoms with Gasteiger partial charge in [0.2, 0.25) is 5.91 Å². The standard InChI is InChI=1S/C19H19ClFN3O2/c1-26-12-4-6-13-10(8-12)2-5-14-17(13)23-24-18(14)19(25)22-16-7-3-11(20)9-15(16)21/h3-4,6-9,14,17-18,23-24H,2,5H2,1H3,(H,22,25). The van der Waals surface area contributed by atoms with Crippen molar-refractivity contribution in [2.75, 3.05) is 12.4 Å². The molecule has 5 nitrogen and oxygen atoms in total. The Morgan fingerprint density at radius 2 is 2.12 bits per heavy atom. The fraction of sp³-hybridized carbons (Fsp3) is 0.316. The van der Waals surface area contributed by atoms with E-state index < -0.39 is 11.9 Å². The maximum absolute atomic E-state index is 14.0. The molecule has 3 atom stereocenters. The van der Waals surface area contributed by atoms with E-state index in [1.54, 1.807) is 13.2 Å². The molecule has 2 aromatic carbocycles. The molecular formula is C19H19ClFN3O2. The first-order chi connectivity index (χ1) is 12.6. The molecule has 1 amide bonds. The third-order valence-corrected chi connectivity index (χ3v) is 5.39. The van der Waals surface area contributed by atoms with Gasteiger partial charge in [0, 0.05) is 10.9 Å². The van der Waals surface area contributed by atoms with Crippen molar-refractivity contribution in [3.63, 3.8) is 0 Å². The molecule has 1 aliphatic carbocycles. The van der Waals surface area contributed by atoms with Crippen LogP contribution in [0.1, 0.15) is 23.6 Å². The summed E-state index contributed by atoms with van der Waals surface area (Å²) < 4.78 is 19.2. The topological polar surface area (TPSA) is 62.4 Å². The Morgan fingerprint density at radius 1 is 1.27 bits per heavy atom. The zero-order chi connectivity index (χ0) is 18.3. The van der Waals surface area contributed by atoms with Crippen molar-refractivity contribution in [1.82, 2.24) is 10.9 Å². The molecule has 2 aliphatic rings. The predicted molar refractivity (Wildman–Crippen MR) is 97.6 cm³/mol. The lowest BCUT2D eigenvalue weighted by molar-refractivity contribution is -0.118. The number of hydrazine groups is 1. The number of aryl methyl sites for hydroxylation is 1. The minimum absolute atomic E-state index is 0.0375. The number of anilines is 1. The smallest absolute Gasteiger partial charge is 0.243 e. The average molecular weight is 376 g/mol. The summed E-state index contributed by atoms with van der Waals surface area (Å²) in [5, 5.41) is 2.95. The van der Waals surface area contributed by atoms with Crippen molar-refractivity contribution in [2.24, 2.45) is 5.92 Å². The van der Waals surface area contributed by atoms with E-state index in [0.29, 0.717) is 5.02 Å². The fourth-order valence-electron chi connectivity index (χ4n) is 3.84. The lowest BCUT2D eigenvalue weighted by atomic mass is 9.77. The number of rotatable bonds is 3. The Morgan fingerprint density at radius 3 is 2.88 bits per heavy atom. The Kier molecular flexibility index (Phi) is 4.56. The molecule has 2 aromatic rings. The van der Waals surface area contributed by atoms with Crippen molar-refractivity contribution >= 4 is 23.2 Å². The van der Waals surface area contributed by atoms with Crippen molar-refractivity contribution < 1.29 is 13.9 Å². The van der Waals surface area contributed by atoms with Gasteiger partial charge < -0.3 is 10.1 Å². The number of amides is 1. The maximum atomic E-state index is 14.0. The minimum atomic E-state index is -0.547. The largest absolute Gasteiger partial charge is 0.497 e. The number of nitrogens with one attached hydrogen (secondary N) is 3. The van der Waals surface area contributed by atoms with Crippen LogP contribution in [0.3, 0.4) is 0 Å². The molecule has 0 spiro atoms. The van der Waals surface area contributed by atoms with Crippen molar-refractivity contribution in [1.29, 1.82) is 0 Å². The molecule has 0 radical (unpaired) electrons. The van der Waals surface area contributed by atoms with Crippen molar-refractivity contribution in [2.45, 2.75) is 24.9 Å². The summed E-state index contributed by atoms with van der Waals surface area (Å²) in [6.45, 7) is 0. The first kappa shape index (κ1) is 17.3. The quantitative estimate of drug-likeness (QED) is 0.771. The predicted octanol–water partition coefficient (Wildman–Crippen LogP) is 3.21. The van der Waals surface area contributed by atoms with Gasteiger partial charge in [-0.3, -0.25) is 4.79 Å². The third kappa shape index (κ3) is 3.05. The molecule has 0 aromatic heterocycles. The molecule has 0 saturated carbocycles. The van der Waals surface area contributed by atoms with Crippen LogP contribution in [-0.4, -0.2) is 19.1 Å². The minimum Gasteiger partial charge on any atom is -0.497 e. The number of benzene rings is 2. The number of fused-ring (bicyclic) bond motifs is 3. The van der Waals surface area contributed by atoms with Gasteiger partial charge in [-0.25, -0.2) is 15.2 Å². The van der Waals surface area contributed by atoms with Gasteiger partial charge in [-0.05, 0) is 54.3 Å². The highest BCUT2D eigenvalue weighted by atomic mass is 35.5. The molecule has 1 heterocycles. The normalized spacial score (nSPS) is 23.9. The van der Waals surface area contributed by atoms with Crippen molar-refractivity contribution in [3.8, 4) is 5.75 Å². The lowest BCUT2D eigenvalue weighted by Gasteiger charge is -2.29. The van der Waals surface area contributed by atoms with E-state index >= 15 is 0 Å². The van der Waals surface area contributed by atoms with Gasteiger partial charge in [0.15, 0.2) is 0 Å². The van der Waals surface area contributed by atoms with Crippen LogP contribution in [0.5, 0.6) is 5.75 Å². The van der Waals surface area contributed by atoms with Crippen molar-refractivity contribution in [3.05, 3.63) is 58.4 Å². The number of carbonyl (C=O) groups is 1. The van der Waals surface area contributed by atoms with Gasteiger partial charge in [-0.2, -0.15) is 0 Å². The summed E-state index contributed by atoms with van der Waals surface area (Å²) in [7, 11) is 1.65. The van der Waals surface area contributed by atoms with Gasteiger partial charge in [-0.1, -0.05) is 17.7 Å². The van der Waals surface area contributed by atoms with Crippen LogP contribution in [0.25, 0.3) is 0 Å². The highest BCUT2D eigenvalue weighted by molar-refractivity contribution is 6.30. The van der Waals surface area contributed by atoms with Crippen LogP contribution >= 0.6 is 11.6 Å². The van der Waals surface area contributed by atoms with Gasteiger partial charge in [0.1, 0.15) is 17.6 Å². The van der Waals surface area contributed by atoms with Crippen LogP contribution in [-0.2, 0) is 11.2 Å². The average Bonchev–Trinajstić information content (AvgIpc) is 3.08. The Balaban J connectivity index is 1.52. The summed E-state index contributed by atoms with van der Waals surface area (Å²) in [6.07, 6.45) is 1.72. The fourth-order valence-corrected chi connectivity index (χ4v) is 4.00. The summed E-state index contributed by atoms with van der Waals surface area (Å²) in [5.41, 5.74) is 8.83. The zero-order valence-electron chi connectivity index (χ0n) is 14.2. The maximum Gasteiger partial charge on any atom is 0.243 e. The second-order valence-corrected chi connectivity index (χ2v) is 7.06. The molecule has 4 rings (SSSR count). The lowest BCUT2D eigenvalue weighted by Crippen LogP contribution is -2.42. The molecule has 7 heteroatoms. The van der Waals surface area contributed by atoms with Gasteiger partial charge >= 0.3 is 0 Å². The molecule has 136 valence electrons. The monoisotopic (exact) mass is 375 g/mol. The van der Waals surface area contributed by atoms with E-state index in [2.05, 4.69) is 16.2 Å². The van der Waals surface area contributed by atoms with E-state index in [-0.39, 0.29) is 23.6 Å². The SMILES string of the molecule is COc1ccc2c(c1)CCC1C(C(=O)Nc3ccc(Cl)cc3F)NNC21. The summed E-state index contributed by atoms with van der Waals surface area (Å²) in [6, 6.07) is 9.82. The first-order valence-electron chi connectivity index (χ1n) is 8.50. The Labute approximate surface area is 155 Å². The number of carbonyl (C=O) groups excluding carboxylic acids is 1. The molecular weight excluding hydrogens is 357 g/mol. The van der Waals surface area contributed by atoms with E-state index in [4.69, 9.17) is 16.3 Å². The number of ether oxygens (including phenoxy) is 1. The molecule has 3 unspecified atom stereocenters. The number of methoxy groups -OCH3 is 1. The molecule has 0 bridgehead atoms. The van der Waals surface area contributed by atoms with Crippen LogP contribution in [0.4, 0.5) is 10.1 Å². The highest BCUT2D eigenvalue weighted by Crippen LogP contribution is 2.40. The summed E-state index contributed by atoms with van der Waals surface area (Å²) in [5.74, 6) is 0.115. The molecule has 26 heavy (non-hydrogen) atoms. The van der Waals surface area contributed by atoms with E-state index in [9.17, 15) is 9.18 Å². The number of hydrogen-bond donors (Lipinski definition) is 3. The molecule has 1 saturated heterocycles. The van der Waals surface area contributed by atoms with Gasteiger partial charge in [-0.15, -0.1) is 0 Å². The Hall–Kier alpha value is -2.15. The van der Waals surface area contributed by atoms with Crippen LogP contribution in [0.2, 0.25) is 5.02 Å². The summed E-state index contributed by atoms with van der Waals surface area (Å²) in [4.78, 5) is 12.7. The number of halogens is 2. The third-order valence-electron chi connectivity index (χ3n) is 5.15. The van der Waals surface area contributed by atoms with Crippen LogP contribution < -0.4 is 20.9 Å². The summed E-state index contributed by atoms with van der Waals surface area (Å²) >= 11 is 5.76. The Bertz CT molecular complexity index is 861. The van der Waals surface area contributed by atoms with Crippen LogP contribution in [0.15, 0.2) is 36.4 Å². The molecule has 1 fully saturated rings. The zero-order valence-corrected chi connectivity index (χ0v) is 14.9. The highest BCUT2D eigenvalue weighted by Gasteiger charge is 2.43. The number of hydrogen-bond acceptors (Lipinski definition) is 4. The molecule has 3 N–H and O–H groups in total. The van der Waals surface area contributed by atoms with Crippen LogP contribution in [0, 0.1) is 11.7 Å².